The zero-order valence-corrected chi connectivity index (χ0v) is 14.5. The molecule has 0 atom stereocenters. The van der Waals surface area contributed by atoms with Gasteiger partial charge in [0.1, 0.15) is 24.7 Å². The summed E-state index contributed by atoms with van der Waals surface area (Å²) in [4.78, 5) is 16.3. The van der Waals surface area contributed by atoms with Crippen molar-refractivity contribution in [3.8, 4) is 11.5 Å². The number of ether oxygens (including phenoxy) is 3. The number of aromatic nitrogens is 1. The lowest BCUT2D eigenvalue weighted by atomic mass is 10.2. The van der Waals surface area contributed by atoms with Gasteiger partial charge in [0.2, 0.25) is 0 Å². The van der Waals surface area contributed by atoms with Gasteiger partial charge in [0.05, 0.1) is 23.9 Å². The topological polar surface area (TPSA) is 57.7 Å². The maximum absolute atomic E-state index is 12.1. The Kier molecular flexibility index (Phi) is 5.64. The van der Waals surface area contributed by atoms with Crippen LogP contribution in [0.2, 0.25) is 0 Å². The number of thiazole rings is 1. The van der Waals surface area contributed by atoms with Gasteiger partial charge in [-0.25, -0.2) is 9.78 Å². The molecule has 0 unspecified atom stereocenters. The Labute approximate surface area is 149 Å². The third-order valence-electron chi connectivity index (χ3n) is 3.49. The molecule has 25 heavy (non-hydrogen) atoms. The fourth-order valence-electron chi connectivity index (χ4n) is 2.11. The van der Waals surface area contributed by atoms with Gasteiger partial charge in [-0.2, -0.15) is 0 Å². The maximum Gasteiger partial charge on any atom is 0.338 e. The third kappa shape index (κ3) is 4.81. The van der Waals surface area contributed by atoms with Crippen molar-refractivity contribution in [2.75, 3.05) is 7.11 Å². The van der Waals surface area contributed by atoms with E-state index in [4.69, 9.17) is 14.2 Å². The highest BCUT2D eigenvalue weighted by Crippen LogP contribution is 2.16. The van der Waals surface area contributed by atoms with Gasteiger partial charge < -0.3 is 14.2 Å². The first kappa shape index (κ1) is 17.0. The second-order valence-corrected chi connectivity index (χ2v) is 5.94. The van der Waals surface area contributed by atoms with Crippen molar-refractivity contribution in [2.24, 2.45) is 0 Å². The van der Waals surface area contributed by atoms with Crippen LogP contribution in [0.5, 0.6) is 11.5 Å². The van der Waals surface area contributed by atoms with E-state index in [9.17, 15) is 4.79 Å². The Hall–Kier alpha value is -2.86. The number of hydrogen-bond acceptors (Lipinski definition) is 6. The highest BCUT2D eigenvalue weighted by molar-refractivity contribution is 7.07. The van der Waals surface area contributed by atoms with Crippen LogP contribution < -0.4 is 9.47 Å². The van der Waals surface area contributed by atoms with Crippen molar-refractivity contribution in [1.82, 2.24) is 4.98 Å². The summed E-state index contributed by atoms with van der Waals surface area (Å²) in [7, 11) is 1.61. The quantitative estimate of drug-likeness (QED) is 0.598. The van der Waals surface area contributed by atoms with Crippen LogP contribution in [0.3, 0.4) is 0 Å². The monoisotopic (exact) mass is 355 g/mol. The minimum absolute atomic E-state index is 0.213. The fraction of sp³-hybridized carbons (Fsp3) is 0.158. The molecule has 1 heterocycles. The Morgan fingerprint density at radius 2 is 1.72 bits per heavy atom. The first-order valence-corrected chi connectivity index (χ1v) is 8.59. The molecule has 3 rings (SSSR count). The Bertz CT molecular complexity index is 798. The summed E-state index contributed by atoms with van der Waals surface area (Å²) >= 11 is 1.53. The highest BCUT2D eigenvalue weighted by atomic mass is 32.1. The number of carbonyl (C=O) groups is 1. The molecule has 0 aliphatic rings. The van der Waals surface area contributed by atoms with Crippen molar-refractivity contribution < 1.29 is 19.0 Å². The summed E-state index contributed by atoms with van der Waals surface area (Å²) in [6.07, 6.45) is 0. The van der Waals surface area contributed by atoms with E-state index in [1.807, 2.05) is 29.6 Å². The van der Waals surface area contributed by atoms with Gasteiger partial charge in [-0.15, -0.1) is 11.3 Å². The largest absolute Gasteiger partial charge is 0.497 e. The number of nitrogens with zero attached hydrogens (tertiary/aromatic N) is 1. The van der Waals surface area contributed by atoms with Crippen LogP contribution in [0.25, 0.3) is 0 Å². The number of hydrogen-bond donors (Lipinski definition) is 0. The standard InChI is InChI=1S/C19H17NO4S/c1-22-17-6-2-14(3-7-17)10-24-19(21)15-4-8-18(9-5-15)23-11-16-12-25-13-20-16/h2-9,12-13H,10-11H2,1H3. The molecule has 3 aromatic rings. The van der Waals surface area contributed by atoms with E-state index < -0.39 is 0 Å². The van der Waals surface area contributed by atoms with E-state index in [1.54, 1.807) is 36.9 Å². The lowest BCUT2D eigenvalue weighted by Crippen LogP contribution is -2.05. The summed E-state index contributed by atoms with van der Waals surface area (Å²) in [5, 5.41) is 1.94. The number of benzene rings is 2. The Morgan fingerprint density at radius 3 is 2.36 bits per heavy atom. The van der Waals surface area contributed by atoms with Gasteiger partial charge in [-0.1, -0.05) is 12.1 Å². The fourth-order valence-corrected chi connectivity index (χ4v) is 2.65. The van der Waals surface area contributed by atoms with Crippen LogP contribution in [0, 0.1) is 0 Å². The molecule has 0 radical (unpaired) electrons. The second kappa shape index (κ2) is 8.30. The Balaban J connectivity index is 1.51. The number of carbonyl (C=O) groups excluding carboxylic acids is 1. The van der Waals surface area contributed by atoms with Crippen LogP contribution in [0.4, 0.5) is 0 Å². The third-order valence-corrected chi connectivity index (χ3v) is 4.12. The van der Waals surface area contributed by atoms with Crippen molar-refractivity contribution in [2.45, 2.75) is 13.2 Å². The number of methoxy groups -OCH3 is 1. The molecule has 0 aliphatic carbocycles. The molecule has 0 N–H and O–H groups in total. The molecule has 0 amide bonds. The molecule has 0 bridgehead atoms. The molecular weight excluding hydrogens is 338 g/mol. The van der Waals surface area contributed by atoms with Gasteiger partial charge in [0.25, 0.3) is 0 Å². The molecule has 5 nitrogen and oxygen atoms in total. The average Bonchev–Trinajstić information content (AvgIpc) is 3.19. The second-order valence-electron chi connectivity index (χ2n) is 5.22. The number of esters is 1. The van der Waals surface area contributed by atoms with E-state index in [1.165, 1.54) is 11.3 Å². The van der Waals surface area contributed by atoms with E-state index in [2.05, 4.69) is 4.98 Å². The highest BCUT2D eigenvalue weighted by Gasteiger charge is 2.08. The SMILES string of the molecule is COc1ccc(COC(=O)c2ccc(OCc3cscn3)cc2)cc1. The minimum Gasteiger partial charge on any atom is -0.497 e. The van der Waals surface area contributed by atoms with Gasteiger partial charge in [-0.05, 0) is 42.0 Å². The number of rotatable bonds is 7. The first-order chi connectivity index (χ1) is 12.2. The molecule has 0 aliphatic heterocycles. The first-order valence-electron chi connectivity index (χ1n) is 7.64. The predicted molar refractivity (Wildman–Crippen MR) is 95.0 cm³/mol. The summed E-state index contributed by atoms with van der Waals surface area (Å²) in [6.45, 7) is 0.621. The van der Waals surface area contributed by atoms with Gasteiger partial charge in [-0.3, -0.25) is 0 Å². The molecule has 0 saturated carbocycles. The minimum atomic E-state index is -0.373. The van der Waals surface area contributed by atoms with Gasteiger partial charge >= 0.3 is 5.97 Å². The molecule has 0 spiro atoms. The molecule has 1 aromatic heterocycles. The van der Waals surface area contributed by atoms with Crippen LogP contribution in [0.1, 0.15) is 21.6 Å². The molecular formula is C19H17NO4S. The lowest BCUT2D eigenvalue weighted by Gasteiger charge is -2.07. The average molecular weight is 355 g/mol. The van der Waals surface area contributed by atoms with Gasteiger partial charge in [0, 0.05) is 5.38 Å². The summed E-state index contributed by atoms with van der Waals surface area (Å²) in [5.74, 6) is 1.07. The lowest BCUT2D eigenvalue weighted by molar-refractivity contribution is 0.0472. The van der Waals surface area contributed by atoms with Crippen molar-refractivity contribution in [3.63, 3.8) is 0 Å². The Morgan fingerprint density at radius 1 is 1.00 bits per heavy atom. The van der Waals surface area contributed by atoms with Crippen LogP contribution >= 0.6 is 11.3 Å². The van der Waals surface area contributed by atoms with Crippen molar-refractivity contribution in [1.29, 1.82) is 0 Å². The summed E-state index contributed by atoms with van der Waals surface area (Å²) in [6, 6.07) is 14.3. The van der Waals surface area contributed by atoms with E-state index in [0.717, 1.165) is 17.0 Å². The van der Waals surface area contributed by atoms with Crippen molar-refractivity contribution in [3.05, 3.63) is 76.2 Å². The zero-order valence-electron chi connectivity index (χ0n) is 13.7. The van der Waals surface area contributed by atoms with E-state index >= 15 is 0 Å². The molecule has 0 fully saturated rings. The zero-order chi connectivity index (χ0) is 17.5. The van der Waals surface area contributed by atoms with Crippen LogP contribution in [-0.2, 0) is 18.0 Å². The predicted octanol–water partition coefficient (Wildman–Crippen LogP) is 4.09. The van der Waals surface area contributed by atoms with Crippen LogP contribution in [0.15, 0.2) is 59.4 Å². The van der Waals surface area contributed by atoms with Crippen molar-refractivity contribution >= 4 is 17.3 Å². The molecule has 128 valence electrons. The summed E-state index contributed by atoms with van der Waals surface area (Å²) in [5.41, 5.74) is 4.03. The molecule has 2 aromatic carbocycles. The van der Waals surface area contributed by atoms with E-state index in [0.29, 0.717) is 17.9 Å². The van der Waals surface area contributed by atoms with Crippen LogP contribution in [-0.4, -0.2) is 18.1 Å². The van der Waals surface area contributed by atoms with E-state index in [-0.39, 0.29) is 12.6 Å². The van der Waals surface area contributed by atoms with Gasteiger partial charge in [0.15, 0.2) is 0 Å². The normalized spacial score (nSPS) is 10.3. The smallest absolute Gasteiger partial charge is 0.338 e. The maximum atomic E-state index is 12.1. The molecule has 6 heteroatoms. The molecule has 0 saturated heterocycles. The summed E-state index contributed by atoms with van der Waals surface area (Å²) < 4.78 is 16.0.